The largest absolute Gasteiger partial charge is 0.493 e. The van der Waals surface area contributed by atoms with Gasteiger partial charge in [0, 0.05) is 24.8 Å². The number of halogens is 1. The third-order valence-corrected chi connectivity index (χ3v) is 4.73. The number of nitrogens with one attached hydrogen (secondary N) is 2. The van der Waals surface area contributed by atoms with Crippen molar-refractivity contribution < 1.29 is 14.2 Å². The third-order valence-electron chi connectivity index (χ3n) is 4.73. The summed E-state index contributed by atoms with van der Waals surface area (Å²) in [5.41, 5.74) is 3.08. The van der Waals surface area contributed by atoms with Gasteiger partial charge >= 0.3 is 0 Å². The van der Waals surface area contributed by atoms with E-state index < -0.39 is 0 Å². The molecule has 33 heavy (non-hydrogen) atoms. The number of nitrogens with zero attached hydrogens (tertiary/aromatic N) is 2. The summed E-state index contributed by atoms with van der Waals surface area (Å²) in [6.45, 7) is 4.29. The van der Waals surface area contributed by atoms with Crippen LogP contribution in [0.2, 0.25) is 0 Å². The lowest BCUT2D eigenvalue weighted by molar-refractivity contribution is 0.290. The van der Waals surface area contributed by atoms with E-state index in [1.54, 1.807) is 20.4 Å². The van der Waals surface area contributed by atoms with Crippen molar-refractivity contribution in [2.75, 3.05) is 20.8 Å². The molecule has 1 heterocycles. The molecule has 0 aliphatic heterocycles. The van der Waals surface area contributed by atoms with Gasteiger partial charge in [-0.3, -0.25) is 0 Å². The molecule has 0 unspecified atom stereocenters. The van der Waals surface area contributed by atoms with Crippen LogP contribution in [0.3, 0.4) is 0 Å². The van der Waals surface area contributed by atoms with Crippen LogP contribution in [0.4, 0.5) is 0 Å². The van der Waals surface area contributed by atoms with Gasteiger partial charge in [-0.25, -0.2) is 9.98 Å². The zero-order valence-corrected chi connectivity index (χ0v) is 21.5. The molecule has 0 aliphatic carbocycles. The molecule has 7 nitrogen and oxygen atoms in total. The molecule has 0 saturated heterocycles. The second-order valence-corrected chi connectivity index (χ2v) is 6.98. The smallest absolute Gasteiger partial charge is 0.218 e. The number of rotatable bonds is 10. The van der Waals surface area contributed by atoms with E-state index >= 15 is 0 Å². The molecule has 0 spiro atoms. The summed E-state index contributed by atoms with van der Waals surface area (Å²) in [5, 5.41) is 6.63. The van der Waals surface area contributed by atoms with Crippen LogP contribution in [0.5, 0.6) is 17.4 Å². The fourth-order valence-electron chi connectivity index (χ4n) is 3.08. The van der Waals surface area contributed by atoms with Crippen molar-refractivity contribution in [3.8, 4) is 17.4 Å². The van der Waals surface area contributed by atoms with Crippen molar-refractivity contribution in [1.82, 2.24) is 15.6 Å². The predicted molar refractivity (Wildman–Crippen MR) is 142 cm³/mol. The Balaban J connectivity index is 0.00000385. The lowest BCUT2D eigenvalue weighted by Crippen LogP contribution is -2.36. The first kappa shape index (κ1) is 26.2. The van der Waals surface area contributed by atoms with Crippen LogP contribution in [-0.2, 0) is 19.7 Å². The monoisotopic (exact) mass is 562 g/mol. The minimum Gasteiger partial charge on any atom is -0.493 e. The lowest BCUT2D eigenvalue weighted by Gasteiger charge is -2.14. The van der Waals surface area contributed by atoms with E-state index in [4.69, 9.17) is 14.2 Å². The zero-order chi connectivity index (χ0) is 22.6. The third kappa shape index (κ3) is 8.12. The SMILES string of the molecule is CCNC(=NCc1ccc(OC)c(OC)c1)NCc1cccnc1OCc1ccccc1.I. The molecule has 3 aromatic rings. The fraction of sp³-hybridized carbons (Fsp3) is 0.280. The van der Waals surface area contributed by atoms with Crippen molar-refractivity contribution in [2.45, 2.75) is 26.6 Å². The van der Waals surface area contributed by atoms with Crippen LogP contribution < -0.4 is 24.8 Å². The van der Waals surface area contributed by atoms with Gasteiger partial charge in [-0.15, -0.1) is 24.0 Å². The normalized spacial score (nSPS) is 10.7. The van der Waals surface area contributed by atoms with Crippen LogP contribution in [0.25, 0.3) is 0 Å². The Morgan fingerprint density at radius 3 is 2.42 bits per heavy atom. The molecule has 0 fully saturated rings. The quantitative estimate of drug-likeness (QED) is 0.215. The number of methoxy groups -OCH3 is 2. The lowest BCUT2D eigenvalue weighted by atomic mass is 10.2. The maximum atomic E-state index is 5.95. The average molecular weight is 562 g/mol. The highest BCUT2D eigenvalue weighted by Crippen LogP contribution is 2.27. The Hall–Kier alpha value is -3.01. The van der Waals surface area contributed by atoms with Crippen molar-refractivity contribution in [2.24, 2.45) is 4.99 Å². The van der Waals surface area contributed by atoms with Gasteiger partial charge in [-0.2, -0.15) is 0 Å². The molecule has 3 rings (SSSR count). The highest BCUT2D eigenvalue weighted by atomic mass is 127. The summed E-state index contributed by atoms with van der Waals surface area (Å²) in [6.07, 6.45) is 1.74. The van der Waals surface area contributed by atoms with Crippen LogP contribution in [0.15, 0.2) is 71.9 Å². The Bertz CT molecular complexity index is 1020. The van der Waals surface area contributed by atoms with Gasteiger partial charge in [0.05, 0.1) is 20.8 Å². The molecular formula is C25H31IN4O3. The van der Waals surface area contributed by atoms with E-state index in [2.05, 4.69) is 20.6 Å². The van der Waals surface area contributed by atoms with Gasteiger partial charge in [-0.05, 0) is 36.2 Å². The number of hydrogen-bond donors (Lipinski definition) is 2. The standard InChI is InChI=1S/C25H30N4O3.HI/c1-4-26-25(28-16-20-12-13-22(30-2)23(15-20)31-3)29-17-21-11-8-14-27-24(21)32-18-19-9-6-5-7-10-19;/h5-15H,4,16-18H2,1-3H3,(H2,26,28,29);1H. The minimum absolute atomic E-state index is 0. The number of pyridine rings is 1. The summed E-state index contributed by atoms with van der Waals surface area (Å²) in [4.78, 5) is 9.09. The van der Waals surface area contributed by atoms with Crippen LogP contribution in [-0.4, -0.2) is 31.7 Å². The molecule has 176 valence electrons. The van der Waals surface area contributed by atoms with Gasteiger partial charge in [0.15, 0.2) is 17.5 Å². The molecule has 0 saturated carbocycles. The van der Waals surface area contributed by atoms with Crippen molar-refractivity contribution in [1.29, 1.82) is 0 Å². The maximum Gasteiger partial charge on any atom is 0.218 e. The van der Waals surface area contributed by atoms with Gasteiger partial charge < -0.3 is 24.8 Å². The van der Waals surface area contributed by atoms with E-state index in [0.29, 0.717) is 43.0 Å². The van der Waals surface area contributed by atoms with E-state index in [-0.39, 0.29) is 24.0 Å². The molecule has 2 aromatic carbocycles. The zero-order valence-electron chi connectivity index (χ0n) is 19.2. The molecule has 8 heteroatoms. The van der Waals surface area contributed by atoms with Gasteiger partial charge in [-0.1, -0.05) is 42.5 Å². The Kier molecular flexibility index (Phi) is 11.3. The fourth-order valence-corrected chi connectivity index (χ4v) is 3.08. The second-order valence-electron chi connectivity index (χ2n) is 6.98. The van der Waals surface area contributed by atoms with Crippen molar-refractivity contribution >= 4 is 29.9 Å². The first-order valence-corrected chi connectivity index (χ1v) is 10.6. The average Bonchev–Trinajstić information content (AvgIpc) is 2.85. The summed E-state index contributed by atoms with van der Waals surface area (Å²) in [5.74, 6) is 2.71. The van der Waals surface area contributed by atoms with Crippen molar-refractivity contribution in [3.63, 3.8) is 0 Å². The number of aromatic nitrogens is 1. The van der Waals surface area contributed by atoms with Crippen LogP contribution in [0, 0.1) is 0 Å². The Labute approximate surface area is 212 Å². The Morgan fingerprint density at radius 2 is 1.70 bits per heavy atom. The summed E-state index contributed by atoms with van der Waals surface area (Å²) >= 11 is 0. The van der Waals surface area contributed by atoms with Gasteiger partial charge in [0.25, 0.3) is 0 Å². The Morgan fingerprint density at radius 1 is 0.909 bits per heavy atom. The number of guanidine groups is 1. The number of hydrogen-bond acceptors (Lipinski definition) is 5. The summed E-state index contributed by atoms with van der Waals surface area (Å²) in [7, 11) is 3.25. The first-order chi connectivity index (χ1) is 15.7. The van der Waals surface area contributed by atoms with Gasteiger partial charge in [0.1, 0.15) is 6.61 Å². The maximum absolute atomic E-state index is 5.95. The first-order valence-electron chi connectivity index (χ1n) is 10.6. The molecule has 0 atom stereocenters. The molecular weight excluding hydrogens is 531 g/mol. The number of benzene rings is 2. The molecule has 0 amide bonds. The van der Waals surface area contributed by atoms with Crippen molar-refractivity contribution in [3.05, 3.63) is 83.6 Å². The van der Waals surface area contributed by atoms with Gasteiger partial charge in [0.2, 0.25) is 5.88 Å². The van der Waals surface area contributed by atoms with Crippen LogP contribution in [0.1, 0.15) is 23.6 Å². The molecule has 1 aromatic heterocycles. The topological polar surface area (TPSA) is 77.0 Å². The number of ether oxygens (including phenoxy) is 3. The molecule has 2 N–H and O–H groups in total. The van der Waals surface area contributed by atoms with E-state index in [9.17, 15) is 0 Å². The van der Waals surface area contributed by atoms with Crippen LogP contribution >= 0.6 is 24.0 Å². The minimum atomic E-state index is 0. The van der Waals surface area contributed by atoms with E-state index in [1.807, 2.05) is 67.6 Å². The molecule has 0 aliphatic rings. The second kappa shape index (κ2) is 14.2. The molecule has 0 radical (unpaired) electrons. The highest BCUT2D eigenvalue weighted by Gasteiger charge is 2.08. The summed E-state index contributed by atoms with van der Waals surface area (Å²) < 4.78 is 16.6. The molecule has 0 bridgehead atoms. The highest BCUT2D eigenvalue weighted by molar-refractivity contribution is 14.0. The van der Waals surface area contributed by atoms with E-state index in [1.165, 1.54) is 0 Å². The van der Waals surface area contributed by atoms with E-state index in [0.717, 1.165) is 23.2 Å². The summed E-state index contributed by atoms with van der Waals surface area (Å²) in [6, 6.07) is 19.7. The predicted octanol–water partition coefficient (Wildman–Crippen LogP) is 4.55. The number of aliphatic imine (C=N–C) groups is 1.